The van der Waals surface area contributed by atoms with Gasteiger partial charge in [-0.15, -0.1) is 0 Å². The number of rotatable bonds is 3. The predicted molar refractivity (Wildman–Crippen MR) is 71.0 cm³/mol. The minimum atomic E-state index is -0.394. The summed E-state index contributed by atoms with van der Waals surface area (Å²) in [6.07, 6.45) is 2.41. The molecule has 1 aromatic carbocycles. The molecular weight excluding hydrogens is 305 g/mol. The molecule has 2 aromatic rings. The Kier molecular flexibility index (Phi) is 4.13. The molecule has 4 heteroatoms. The van der Waals surface area contributed by atoms with Crippen molar-refractivity contribution in [1.29, 1.82) is 0 Å². The van der Waals surface area contributed by atoms with Crippen LogP contribution in [0.2, 0.25) is 5.02 Å². The van der Waals surface area contributed by atoms with Gasteiger partial charge < -0.3 is 0 Å². The van der Waals surface area contributed by atoms with Gasteiger partial charge in [0, 0.05) is 23.1 Å². The fourth-order valence-corrected chi connectivity index (χ4v) is 2.68. The monoisotopic (exact) mass is 313 g/mol. The molecule has 1 atom stereocenters. The molecule has 0 amide bonds. The fraction of sp³-hybridized carbons (Fsp3) is 0.154. The van der Waals surface area contributed by atoms with Gasteiger partial charge in [-0.25, -0.2) is 4.39 Å². The summed E-state index contributed by atoms with van der Waals surface area (Å²) in [5, 5.41) is 0.172. The summed E-state index contributed by atoms with van der Waals surface area (Å²) in [7, 11) is 0. The SMILES string of the molecule is Fc1cccc(C(Br)Cc2ccccn2)c1Cl. The molecular formula is C13H10BrClFN. The van der Waals surface area contributed by atoms with E-state index in [0.29, 0.717) is 6.42 Å². The molecule has 0 aliphatic heterocycles. The first-order valence-corrected chi connectivity index (χ1v) is 6.45. The summed E-state index contributed by atoms with van der Waals surface area (Å²) in [6, 6.07) is 10.5. The van der Waals surface area contributed by atoms with Gasteiger partial charge in [0.1, 0.15) is 5.82 Å². The number of alkyl halides is 1. The molecule has 0 fully saturated rings. The highest BCUT2D eigenvalue weighted by Gasteiger charge is 2.14. The number of hydrogen-bond acceptors (Lipinski definition) is 1. The van der Waals surface area contributed by atoms with Crippen LogP contribution in [0.25, 0.3) is 0 Å². The second kappa shape index (κ2) is 5.61. The highest BCUT2D eigenvalue weighted by molar-refractivity contribution is 9.09. The molecule has 0 radical (unpaired) electrons. The first-order valence-electron chi connectivity index (χ1n) is 5.16. The first-order chi connectivity index (χ1) is 8.18. The van der Waals surface area contributed by atoms with Gasteiger partial charge in [0.25, 0.3) is 0 Å². The van der Waals surface area contributed by atoms with E-state index >= 15 is 0 Å². The maximum absolute atomic E-state index is 13.3. The molecule has 88 valence electrons. The number of halogens is 3. The van der Waals surface area contributed by atoms with E-state index in [1.54, 1.807) is 12.3 Å². The second-order valence-corrected chi connectivity index (χ2v) is 5.12. The lowest BCUT2D eigenvalue weighted by molar-refractivity contribution is 0.625. The molecule has 0 bridgehead atoms. The van der Waals surface area contributed by atoms with E-state index in [2.05, 4.69) is 20.9 Å². The molecule has 0 aliphatic rings. The van der Waals surface area contributed by atoms with Gasteiger partial charge in [0.15, 0.2) is 0 Å². The van der Waals surface area contributed by atoms with E-state index in [9.17, 15) is 4.39 Å². The molecule has 0 N–H and O–H groups in total. The van der Waals surface area contributed by atoms with Crippen LogP contribution in [0.3, 0.4) is 0 Å². The van der Waals surface area contributed by atoms with Crippen molar-refractivity contribution in [2.75, 3.05) is 0 Å². The minimum absolute atomic E-state index is 0.0411. The molecule has 0 saturated carbocycles. The Bertz CT molecular complexity index is 504. The standard InChI is InChI=1S/C13H10BrClFN/c14-11(8-9-4-1-2-7-17-9)10-5-3-6-12(16)13(10)15/h1-7,11H,8H2. The summed E-state index contributed by atoms with van der Waals surface area (Å²) in [6.45, 7) is 0. The number of pyridine rings is 1. The van der Waals surface area contributed by atoms with E-state index in [1.807, 2.05) is 24.3 Å². The fourth-order valence-electron chi connectivity index (χ4n) is 1.57. The van der Waals surface area contributed by atoms with Gasteiger partial charge in [-0.2, -0.15) is 0 Å². The maximum atomic E-state index is 13.3. The van der Waals surface area contributed by atoms with Crippen LogP contribution in [0, 0.1) is 5.82 Å². The summed E-state index contributed by atoms with van der Waals surface area (Å²) < 4.78 is 13.3. The van der Waals surface area contributed by atoms with Crippen LogP contribution in [-0.4, -0.2) is 4.98 Å². The normalized spacial score (nSPS) is 12.4. The van der Waals surface area contributed by atoms with Crippen molar-refractivity contribution >= 4 is 27.5 Å². The quantitative estimate of drug-likeness (QED) is 0.757. The van der Waals surface area contributed by atoms with Crippen LogP contribution in [0.4, 0.5) is 4.39 Å². The summed E-state index contributed by atoms with van der Waals surface area (Å²) >= 11 is 9.45. The molecule has 1 unspecified atom stereocenters. The Balaban J connectivity index is 2.20. The van der Waals surface area contributed by atoms with Gasteiger partial charge in [-0.1, -0.05) is 45.7 Å². The van der Waals surface area contributed by atoms with Crippen LogP contribution in [0.5, 0.6) is 0 Å². The Hall–Kier alpha value is -0.930. The summed E-state index contributed by atoms with van der Waals surface area (Å²) in [5.41, 5.74) is 1.69. The lowest BCUT2D eigenvalue weighted by atomic mass is 10.1. The van der Waals surface area contributed by atoms with Crippen molar-refractivity contribution in [2.45, 2.75) is 11.2 Å². The number of aromatic nitrogens is 1. The Morgan fingerprint density at radius 1 is 1.24 bits per heavy atom. The number of hydrogen-bond donors (Lipinski definition) is 0. The van der Waals surface area contributed by atoms with Gasteiger partial charge >= 0.3 is 0 Å². The zero-order valence-corrected chi connectivity index (χ0v) is 11.2. The lowest BCUT2D eigenvalue weighted by Gasteiger charge is -2.11. The third-order valence-electron chi connectivity index (χ3n) is 2.43. The van der Waals surface area contributed by atoms with E-state index in [4.69, 9.17) is 11.6 Å². The molecule has 1 aromatic heterocycles. The Morgan fingerprint density at radius 2 is 2.06 bits per heavy atom. The van der Waals surface area contributed by atoms with Crippen molar-refractivity contribution in [3.8, 4) is 0 Å². The van der Waals surface area contributed by atoms with Crippen molar-refractivity contribution in [2.24, 2.45) is 0 Å². The highest BCUT2D eigenvalue weighted by atomic mass is 79.9. The van der Waals surface area contributed by atoms with Crippen molar-refractivity contribution in [3.63, 3.8) is 0 Å². The topological polar surface area (TPSA) is 12.9 Å². The predicted octanol–water partition coefficient (Wildman–Crippen LogP) is 4.55. The largest absolute Gasteiger partial charge is 0.261 e. The van der Waals surface area contributed by atoms with Gasteiger partial charge in [-0.3, -0.25) is 4.98 Å². The minimum Gasteiger partial charge on any atom is -0.261 e. The van der Waals surface area contributed by atoms with Crippen LogP contribution < -0.4 is 0 Å². The number of nitrogens with zero attached hydrogens (tertiary/aromatic N) is 1. The molecule has 0 spiro atoms. The van der Waals surface area contributed by atoms with Crippen molar-refractivity contribution in [3.05, 3.63) is 64.7 Å². The van der Waals surface area contributed by atoms with Crippen molar-refractivity contribution in [1.82, 2.24) is 4.98 Å². The third kappa shape index (κ3) is 3.05. The lowest BCUT2D eigenvalue weighted by Crippen LogP contribution is -1.99. The first kappa shape index (κ1) is 12.5. The van der Waals surface area contributed by atoms with Crippen molar-refractivity contribution < 1.29 is 4.39 Å². The molecule has 2 rings (SSSR count). The van der Waals surface area contributed by atoms with Crippen LogP contribution in [0.1, 0.15) is 16.1 Å². The van der Waals surface area contributed by atoms with E-state index in [-0.39, 0.29) is 9.85 Å². The van der Waals surface area contributed by atoms with Crippen LogP contribution >= 0.6 is 27.5 Å². The average Bonchev–Trinajstić information content (AvgIpc) is 2.34. The van der Waals surface area contributed by atoms with Gasteiger partial charge in [-0.05, 0) is 23.8 Å². The third-order valence-corrected chi connectivity index (χ3v) is 3.65. The molecule has 0 aliphatic carbocycles. The Labute approximate surface area is 113 Å². The Morgan fingerprint density at radius 3 is 2.76 bits per heavy atom. The molecule has 1 heterocycles. The van der Waals surface area contributed by atoms with Gasteiger partial charge in [0.05, 0.1) is 5.02 Å². The van der Waals surface area contributed by atoms with E-state index in [0.717, 1.165) is 11.3 Å². The smallest absolute Gasteiger partial charge is 0.142 e. The molecule has 0 saturated heterocycles. The van der Waals surface area contributed by atoms with Crippen LogP contribution in [-0.2, 0) is 6.42 Å². The maximum Gasteiger partial charge on any atom is 0.142 e. The molecule has 1 nitrogen and oxygen atoms in total. The second-order valence-electron chi connectivity index (χ2n) is 3.64. The van der Waals surface area contributed by atoms with E-state index < -0.39 is 5.82 Å². The van der Waals surface area contributed by atoms with Gasteiger partial charge in [0.2, 0.25) is 0 Å². The number of benzene rings is 1. The zero-order valence-electron chi connectivity index (χ0n) is 8.91. The van der Waals surface area contributed by atoms with Crippen LogP contribution in [0.15, 0.2) is 42.6 Å². The highest BCUT2D eigenvalue weighted by Crippen LogP contribution is 2.33. The van der Waals surface area contributed by atoms with E-state index in [1.165, 1.54) is 6.07 Å². The summed E-state index contributed by atoms with van der Waals surface area (Å²) in [5.74, 6) is -0.394. The zero-order chi connectivity index (χ0) is 12.3. The average molecular weight is 315 g/mol. The molecule has 17 heavy (non-hydrogen) atoms. The summed E-state index contributed by atoms with van der Waals surface area (Å²) in [4.78, 5) is 4.19.